The summed E-state index contributed by atoms with van der Waals surface area (Å²) < 4.78 is 15.1. The van der Waals surface area contributed by atoms with Gasteiger partial charge in [0.15, 0.2) is 4.80 Å². The van der Waals surface area contributed by atoms with Gasteiger partial charge in [0.2, 0.25) is 0 Å². The number of hydrogen-bond acceptors (Lipinski definition) is 5. The van der Waals surface area contributed by atoms with Crippen LogP contribution in [0.1, 0.15) is 34.9 Å². The highest BCUT2D eigenvalue weighted by Gasteiger charge is 2.32. The fourth-order valence-corrected chi connectivity index (χ4v) is 6.87. The Morgan fingerprint density at radius 1 is 1.03 bits per heavy atom. The van der Waals surface area contributed by atoms with Crippen LogP contribution < -0.4 is 19.6 Å². The number of ether oxygens (including phenoxy) is 1. The molecule has 0 saturated heterocycles. The normalized spacial score (nSPS) is 16.4. The van der Waals surface area contributed by atoms with Crippen molar-refractivity contribution >= 4 is 39.0 Å². The van der Waals surface area contributed by atoms with E-state index in [4.69, 9.17) is 14.1 Å². The molecule has 3 heterocycles. The number of aryl methyl sites for hydroxylation is 1. The topological polar surface area (TPSA) is 56.7 Å². The number of benzene rings is 3. The lowest BCUT2D eigenvalue weighted by atomic mass is 9.83. The molecule has 2 aromatic heterocycles. The molecule has 5 nitrogen and oxygen atoms in total. The molecule has 0 bridgehead atoms. The van der Waals surface area contributed by atoms with Crippen molar-refractivity contribution in [2.45, 2.75) is 18.9 Å². The molecule has 0 radical (unpaired) electrons. The summed E-state index contributed by atoms with van der Waals surface area (Å²) in [7, 11) is 1.66. The van der Waals surface area contributed by atoms with Gasteiger partial charge in [0.1, 0.15) is 17.3 Å². The Morgan fingerprint density at radius 2 is 1.90 bits per heavy atom. The van der Waals surface area contributed by atoms with Crippen LogP contribution in [0.5, 0.6) is 5.75 Å². The van der Waals surface area contributed by atoms with Gasteiger partial charge in [0, 0.05) is 21.7 Å². The van der Waals surface area contributed by atoms with Gasteiger partial charge < -0.3 is 9.15 Å². The number of furan rings is 1. The third-order valence-electron chi connectivity index (χ3n) is 7.29. The summed E-state index contributed by atoms with van der Waals surface area (Å²) in [6, 6.07) is 28.0. The zero-order valence-electron chi connectivity index (χ0n) is 21.1. The monoisotopic (exact) mass is 594 g/mol. The Bertz CT molecular complexity index is 1960. The van der Waals surface area contributed by atoms with E-state index in [1.165, 1.54) is 16.9 Å². The first kappa shape index (κ1) is 24.1. The Morgan fingerprint density at radius 3 is 2.77 bits per heavy atom. The predicted molar refractivity (Wildman–Crippen MR) is 158 cm³/mol. The van der Waals surface area contributed by atoms with E-state index in [9.17, 15) is 4.79 Å². The summed E-state index contributed by atoms with van der Waals surface area (Å²) in [6.07, 6.45) is 3.58. The Balaban J connectivity index is 1.41. The van der Waals surface area contributed by atoms with Crippen LogP contribution in [0.2, 0.25) is 0 Å². The van der Waals surface area contributed by atoms with Gasteiger partial charge in [-0.05, 0) is 65.9 Å². The second-order valence-electron chi connectivity index (χ2n) is 9.60. The molecular formula is C32H23BrN2O3S. The second kappa shape index (κ2) is 9.67. The van der Waals surface area contributed by atoms with Crippen molar-refractivity contribution in [3.63, 3.8) is 0 Å². The van der Waals surface area contributed by atoms with Crippen molar-refractivity contribution in [2.24, 2.45) is 4.99 Å². The number of allylic oxidation sites excluding steroid dienone is 1. The number of halogens is 1. The molecule has 1 aliphatic heterocycles. The van der Waals surface area contributed by atoms with Crippen LogP contribution in [0.3, 0.4) is 0 Å². The summed E-state index contributed by atoms with van der Waals surface area (Å²) >= 11 is 4.92. The molecule has 3 aromatic carbocycles. The molecule has 7 rings (SSSR count). The number of fused-ring (bicyclic) bond motifs is 3. The Labute approximate surface area is 237 Å². The standard InChI is InChI=1S/C32H23BrN2O3S/c1-37-23-10-5-8-21(17-23)30-26-14-12-19-6-2-3-11-25(19)29(26)34-32-35(30)31(36)28(39-32)18-24-13-15-27(38-24)20-7-4-9-22(33)16-20/h2-11,13,15-18,30H,12,14H2,1H3/b28-18+/t30-/m0/s1. The first-order valence-corrected chi connectivity index (χ1v) is 14.3. The van der Waals surface area contributed by atoms with Crippen LogP contribution in [-0.2, 0) is 6.42 Å². The average molecular weight is 596 g/mol. The molecule has 192 valence electrons. The van der Waals surface area contributed by atoms with E-state index >= 15 is 0 Å². The molecule has 0 spiro atoms. The maximum atomic E-state index is 14.0. The zero-order valence-corrected chi connectivity index (χ0v) is 23.5. The summed E-state index contributed by atoms with van der Waals surface area (Å²) in [6.45, 7) is 0. The maximum Gasteiger partial charge on any atom is 0.271 e. The fourth-order valence-electron chi connectivity index (χ4n) is 5.49. The molecule has 1 aliphatic carbocycles. The first-order valence-electron chi connectivity index (χ1n) is 12.7. The number of thiazole rings is 1. The molecule has 2 aliphatic rings. The van der Waals surface area contributed by atoms with E-state index in [2.05, 4.69) is 46.3 Å². The molecule has 1 atom stereocenters. The highest BCUT2D eigenvalue weighted by molar-refractivity contribution is 9.10. The lowest BCUT2D eigenvalue weighted by Gasteiger charge is -2.31. The number of aromatic nitrogens is 1. The van der Waals surface area contributed by atoms with Gasteiger partial charge in [-0.25, -0.2) is 4.99 Å². The van der Waals surface area contributed by atoms with Crippen molar-refractivity contribution in [1.29, 1.82) is 0 Å². The van der Waals surface area contributed by atoms with Gasteiger partial charge in [-0.2, -0.15) is 0 Å². The smallest absolute Gasteiger partial charge is 0.271 e. The van der Waals surface area contributed by atoms with Crippen LogP contribution in [0.25, 0.3) is 23.1 Å². The van der Waals surface area contributed by atoms with Crippen molar-refractivity contribution in [2.75, 3.05) is 7.11 Å². The maximum absolute atomic E-state index is 14.0. The minimum Gasteiger partial charge on any atom is -0.497 e. The minimum atomic E-state index is -0.254. The van der Waals surface area contributed by atoms with E-state index in [1.54, 1.807) is 7.11 Å². The fraction of sp³-hybridized carbons (Fsp3) is 0.125. The second-order valence-corrected chi connectivity index (χ2v) is 11.5. The molecule has 0 saturated carbocycles. The molecule has 0 unspecified atom stereocenters. The van der Waals surface area contributed by atoms with Crippen LogP contribution in [0.15, 0.2) is 109 Å². The van der Waals surface area contributed by atoms with E-state index in [0.29, 0.717) is 15.1 Å². The summed E-state index contributed by atoms with van der Waals surface area (Å²) in [4.78, 5) is 19.8. The van der Waals surface area contributed by atoms with Gasteiger partial charge in [0.25, 0.3) is 5.56 Å². The van der Waals surface area contributed by atoms with Crippen LogP contribution in [0.4, 0.5) is 0 Å². The molecular weight excluding hydrogens is 572 g/mol. The Kier molecular flexibility index (Phi) is 5.98. The molecule has 7 heteroatoms. The van der Waals surface area contributed by atoms with Gasteiger partial charge in [0.05, 0.1) is 23.4 Å². The molecule has 5 aromatic rings. The molecule has 0 fully saturated rings. The SMILES string of the molecule is COc1cccc([C@H]2C3=C(N=c4s/c(=C/c5ccc(-c6cccc(Br)c6)o5)c(=O)n42)c2ccccc2CC3)c1. The highest BCUT2D eigenvalue weighted by atomic mass is 79.9. The average Bonchev–Trinajstić information content (AvgIpc) is 3.56. The lowest BCUT2D eigenvalue weighted by molar-refractivity contribution is 0.413. The number of methoxy groups -OCH3 is 1. The number of hydrogen-bond donors (Lipinski definition) is 0. The lowest BCUT2D eigenvalue weighted by Crippen LogP contribution is -2.38. The van der Waals surface area contributed by atoms with Gasteiger partial charge >= 0.3 is 0 Å². The van der Waals surface area contributed by atoms with Crippen molar-refractivity contribution in [3.8, 4) is 17.1 Å². The molecule has 0 N–H and O–H groups in total. The van der Waals surface area contributed by atoms with E-state index in [1.807, 2.05) is 65.2 Å². The summed E-state index contributed by atoms with van der Waals surface area (Å²) in [5.41, 5.74) is 6.49. The number of nitrogens with zero attached hydrogens (tertiary/aromatic N) is 2. The van der Waals surface area contributed by atoms with Gasteiger partial charge in [-0.1, -0.05) is 75.8 Å². The largest absolute Gasteiger partial charge is 0.497 e. The summed E-state index contributed by atoms with van der Waals surface area (Å²) in [5.74, 6) is 2.14. The third-order valence-corrected chi connectivity index (χ3v) is 8.77. The van der Waals surface area contributed by atoms with Crippen LogP contribution in [0, 0.1) is 0 Å². The molecule has 0 amide bonds. The molecule has 39 heavy (non-hydrogen) atoms. The third kappa shape index (κ3) is 4.22. The van der Waals surface area contributed by atoms with E-state index in [0.717, 1.165) is 56.8 Å². The van der Waals surface area contributed by atoms with Gasteiger partial charge in [-0.3, -0.25) is 9.36 Å². The quantitative estimate of drug-likeness (QED) is 0.243. The van der Waals surface area contributed by atoms with E-state index in [-0.39, 0.29) is 11.6 Å². The van der Waals surface area contributed by atoms with Gasteiger partial charge in [-0.15, -0.1) is 0 Å². The van der Waals surface area contributed by atoms with Crippen molar-refractivity contribution in [1.82, 2.24) is 4.57 Å². The van der Waals surface area contributed by atoms with Crippen molar-refractivity contribution in [3.05, 3.63) is 137 Å². The Hall–Kier alpha value is -3.94. The highest BCUT2D eigenvalue weighted by Crippen LogP contribution is 2.41. The summed E-state index contributed by atoms with van der Waals surface area (Å²) in [5, 5.41) is 0. The minimum absolute atomic E-state index is 0.0719. The van der Waals surface area contributed by atoms with Crippen molar-refractivity contribution < 1.29 is 9.15 Å². The van der Waals surface area contributed by atoms with E-state index < -0.39 is 0 Å². The predicted octanol–water partition coefficient (Wildman–Crippen LogP) is 6.35. The first-order chi connectivity index (χ1) is 19.1. The van der Waals surface area contributed by atoms with Crippen LogP contribution >= 0.6 is 27.3 Å². The zero-order chi connectivity index (χ0) is 26.5. The number of rotatable bonds is 4. The van der Waals surface area contributed by atoms with Crippen LogP contribution in [-0.4, -0.2) is 11.7 Å².